The van der Waals surface area contributed by atoms with Crippen LogP contribution in [0.2, 0.25) is 0 Å². The summed E-state index contributed by atoms with van der Waals surface area (Å²) >= 11 is 0. The van der Waals surface area contributed by atoms with Crippen molar-refractivity contribution in [3.63, 3.8) is 0 Å². The fourth-order valence-electron chi connectivity index (χ4n) is 2.97. The molecule has 0 aromatic heterocycles. The molecule has 0 aromatic rings. The molecule has 94 valence electrons. The van der Waals surface area contributed by atoms with Crippen LogP contribution in [0.1, 0.15) is 58.8 Å². The fraction of sp³-hybridized carbons (Fsp3) is 0.647. The predicted molar refractivity (Wildman–Crippen MR) is 76.0 cm³/mol. The molecule has 0 spiro atoms. The molecule has 1 aliphatic carbocycles. The average molecular weight is 230 g/mol. The lowest BCUT2D eigenvalue weighted by Gasteiger charge is -2.20. The van der Waals surface area contributed by atoms with Crippen molar-refractivity contribution in [2.75, 3.05) is 0 Å². The lowest BCUT2D eigenvalue weighted by Crippen LogP contribution is -2.09. The van der Waals surface area contributed by atoms with Gasteiger partial charge in [0.05, 0.1) is 0 Å². The zero-order chi connectivity index (χ0) is 12.7. The normalized spacial score (nSPS) is 22.9. The summed E-state index contributed by atoms with van der Waals surface area (Å²) in [6, 6.07) is 0. The molecule has 0 saturated heterocycles. The van der Waals surface area contributed by atoms with Crippen molar-refractivity contribution in [1.29, 1.82) is 0 Å². The number of hydrogen-bond donors (Lipinski definition) is 0. The van der Waals surface area contributed by atoms with Crippen molar-refractivity contribution < 1.29 is 0 Å². The van der Waals surface area contributed by atoms with Gasteiger partial charge >= 0.3 is 0 Å². The van der Waals surface area contributed by atoms with Gasteiger partial charge in [0.2, 0.25) is 0 Å². The standard InChI is InChI=1S/C17H26/c1-5-14(6-2)12-16-10-9-11-17(16)13-15(7-3)8-4/h16-17H,1,3,6,8-13H2,2,4H3. The minimum absolute atomic E-state index is 0.842. The molecule has 0 nitrogen and oxygen atoms in total. The van der Waals surface area contributed by atoms with Crippen molar-refractivity contribution in [1.82, 2.24) is 0 Å². The Morgan fingerprint density at radius 3 is 1.65 bits per heavy atom. The van der Waals surface area contributed by atoms with Gasteiger partial charge < -0.3 is 0 Å². The minimum Gasteiger partial charge on any atom is -0.130 e. The monoisotopic (exact) mass is 230 g/mol. The van der Waals surface area contributed by atoms with Gasteiger partial charge in [-0.25, -0.2) is 0 Å². The lowest BCUT2D eigenvalue weighted by molar-refractivity contribution is 0.377. The Hall–Kier alpha value is -0.960. The summed E-state index contributed by atoms with van der Waals surface area (Å²) in [6.45, 7) is 12.0. The maximum Gasteiger partial charge on any atom is -0.0213 e. The first-order valence-corrected chi connectivity index (χ1v) is 7.00. The van der Waals surface area contributed by atoms with Crippen LogP contribution in [0.15, 0.2) is 35.8 Å². The van der Waals surface area contributed by atoms with E-state index in [1.54, 1.807) is 0 Å². The van der Waals surface area contributed by atoms with Crippen LogP contribution < -0.4 is 0 Å². The Morgan fingerprint density at radius 2 is 1.35 bits per heavy atom. The highest BCUT2D eigenvalue weighted by molar-refractivity contribution is 5.05. The second kappa shape index (κ2) is 7.38. The molecule has 0 aromatic carbocycles. The molecular weight excluding hydrogens is 204 g/mol. The molecule has 0 heteroatoms. The van der Waals surface area contributed by atoms with Crippen LogP contribution >= 0.6 is 0 Å². The molecule has 0 radical (unpaired) electrons. The van der Waals surface area contributed by atoms with E-state index in [9.17, 15) is 0 Å². The van der Waals surface area contributed by atoms with E-state index in [0.717, 1.165) is 24.7 Å². The summed E-state index contributed by atoms with van der Waals surface area (Å²) in [5.41, 5.74) is 9.03. The quantitative estimate of drug-likeness (QED) is 0.534. The molecule has 0 heterocycles. The van der Waals surface area contributed by atoms with Gasteiger partial charge in [0, 0.05) is 0 Å². The first kappa shape index (κ1) is 14.1. The van der Waals surface area contributed by atoms with Crippen molar-refractivity contribution in [3.8, 4) is 0 Å². The minimum atomic E-state index is 0.842. The van der Waals surface area contributed by atoms with E-state index in [1.165, 1.54) is 43.3 Å². The van der Waals surface area contributed by atoms with Gasteiger partial charge in [-0.2, -0.15) is 0 Å². The summed E-state index contributed by atoms with van der Waals surface area (Å²) in [5.74, 6) is 1.68. The van der Waals surface area contributed by atoms with Gasteiger partial charge in [0.25, 0.3) is 0 Å². The number of hydrogen-bond acceptors (Lipinski definition) is 0. The molecule has 17 heavy (non-hydrogen) atoms. The first-order valence-electron chi connectivity index (χ1n) is 7.00. The Morgan fingerprint density at radius 1 is 0.941 bits per heavy atom. The molecule has 1 fully saturated rings. The van der Waals surface area contributed by atoms with Crippen LogP contribution in [0.4, 0.5) is 0 Å². The molecule has 1 rings (SSSR count). The SMILES string of the molecule is C=C=C(CC)CC1CCCC1CC(=C=C)CC. The van der Waals surface area contributed by atoms with E-state index >= 15 is 0 Å². The van der Waals surface area contributed by atoms with E-state index < -0.39 is 0 Å². The molecular formula is C17H26. The van der Waals surface area contributed by atoms with Gasteiger partial charge in [-0.15, -0.1) is 11.5 Å². The Bertz CT molecular complexity index is 301. The second-order valence-electron chi connectivity index (χ2n) is 5.13. The van der Waals surface area contributed by atoms with Crippen molar-refractivity contribution in [3.05, 3.63) is 35.8 Å². The highest BCUT2D eigenvalue weighted by Crippen LogP contribution is 2.40. The molecule has 2 unspecified atom stereocenters. The maximum absolute atomic E-state index is 3.80. The summed E-state index contributed by atoms with van der Waals surface area (Å²) in [6.07, 6.45) is 8.76. The molecule has 0 amide bonds. The lowest BCUT2D eigenvalue weighted by atomic mass is 9.84. The molecule has 0 N–H and O–H groups in total. The summed E-state index contributed by atoms with van der Waals surface area (Å²) in [5, 5.41) is 0. The fourth-order valence-corrected chi connectivity index (χ4v) is 2.97. The zero-order valence-corrected chi connectivity index (χ0v) is 11.5. The summed E-state index contributed by atoms with van der Waals surface area (Å²) < 4.78 is 0. The van der Waals surface area contributed by atoms with E-state index in [2.05, 4.69) is 38.5 Å². The van der Waals surface area contributed by atoms with E-state index in [-0.39, 0.29) is 0 Å². The van der Waals surface area contributed by atoms with Crippen LogP contribution in [-0.2, 0) is 0 Å². The highest BCUT2D eigenvalue weighted by Gasteiger charge is 2.27. The average Bonchev–Trinajstić information content (AvgIpc) is 2.80. The molecule has 2 atom stereocenters. The van der Waals surface area contributed by atoms with Gasteiger partial charge in [0.1, 0.15) is 0 Å². The largest absolute Gasteiger partial charge is 0.130 e. The van der Waals surface area contributed by atoms with Crippen molar-refractivity contribution in [2.45, 2.75) is 58.8 Å². The third kappa shape index (κ3) is 4.08. The van der Waals surface area contributed by atoms with Gasteiger partial charge in [-0.1, -0.05) is 33.4 Å². The van der Waals surface area contributed by atoms with Gasteiger partial charge in [0.15, 0.2) is 0 Å². The Labute approximate surface area is 107 Å². The first-order chi connectivity index (χ1) is 8.24. The van der Waals surface area contributed by atoms with Crippen molar-refractivity contribution >= 4 is 0 Å². The van der Waals surface area contributed by atoms with E-state index in [1.807, 2.05) is 0 Å². The van der Waals surface area contributed by atoms with Gasteiger partial charge in [-0.3, -0.25) is 0 Å². The van der Waals surface area contributed by atoms with Crippen LogP contribution in [0.25, 0.3) is 0 Å². The van der Waals surface area contributed by atoms with Crippen LogP contribution in [-0.4, -0.2) is 0 Å². The highest BCUT2D eigenvalue weighted by atomic mass is 14.3. The number of rotatable bonds is 6. The van der Waals surface area contributed by atoms with Crippen LogP contribution in [0, 0.1) is 11.8 Å². The molecule has 1 aliphatic rings. The smallest absolute Gasteiger partial charge is 0.0213 e. The summed E-state index contributed by atoms with van der Waals surface area (Å²) in [4.78, 5) is 0. The molecule has 1 saturated carbocycles. The molecule has 0 aliphatic heterocycles. The Balaban J connectivity index is 2.60. The van der Waals surface area contributed by atoms with Gasteiger partial charge in [-0.05, 0) is 61.5 Å². The second-order valence-corrected chi connectivity index (χ2v) is 5.13. The topological polar surface area (TPSA) is 0 Å². The van der Waals surface area contributed by atoms with E-state index in [4.69, 9.17) is 0 Å². The summed E-state index contributed by atoms with van der Waals surface area (Å²) in [7, 11) is 0. The Kier molecular flexibility index (Phi) is 6.12. The third-order valence-corrected chi connectivity index (χ3v) is 4.19. The maximum atomic E-state index is 3.80. The number of allylic oxidation sites excluding steroid dienone is 2. The van der Waals surface area contributed by atoms with E-state index in [0.29, 0.717) is 0 Å². The van der Waals surface area contributed by atoms with Crippen molar-refractivity contribution in [2.24, 2.45) is 11.8 Å². The third-order valence-electron chi connectivity index (χ3n) is 4.19. The van der Waals surface area contributed by atoms with Crippen LogP contribution in [0.5, 0.6) is 0 Å². The predicted octanol–water partition coefficient (Wildman–Crippen LogP) is 5.43. The zero-order valence-electron chi connectivity index (χ0n) is 11.5. The molecule has 0 bridgehead atoms. The van der Waals surface area contributed by atoms with Crippen LogP contribution in [0.3, 0.4) is 0 Å².